The largest absolute Gasteiger partial charge is 0.508 e. The molecule has 2 aromatic rings. The van der Waals surface area contributed by atoms with Crippen LogP contribution in [0.25, 0.3) is 10.8 Å². The second-order valence-corrected chi connectivity index (χ2v) is 5.10. The van der Waals surface area contributed by atoms with Crippen LogP contribution in [0.5, 0.6) is 11.5 Å². The van der Waals surface area contributed by atoms with E-state index in [4.69, 9.17) is 9.52 Å². The third-order valence-corrected chi connectivity index (χ3v) is 3.20. The Balaban J connectivity index is 2.48. The van der Waals surface area contributed by atoms with Crippen molar-refractivity contribution < 1.29 is 24.5 Å². The van der Waals surface area contributed by atoms with E-state index in [9.17, 15) is 19.8 Å². The molecule has 0 aliphatic carbocycles. The number of ketones is 1. The number of aliphatic hydroxyl groups is 1. The zero-order chi connectivity index (χ0) is 15.7. The highest BCUT2D eigenvalue weighted by Gasteiger charge is 2.16. The first-order valence-corrected chi connectivity index (χ1v) is 6.47. The number of aliphatic hydroxyl groups excluding tert-OH is 1. The van der Waals surface area contributed by atoms with Gasteiger partial charge in [-0.25, -0.2) is 4.79 Å². The second kappa shape index (κ2) is 5.57. The number of aromatic hydroxyl groups is 2. The number of carbonyl (C=O) groups is 1. The maximum absolute atomic E-state index is 11.9. The SMILES string of the molecule is Cc1c(O)cc2cc(CC(=O)CC(C)O)oc(=O)c2c1O. The first kappa shape index (κ1) is 15.1. The quantitative estimate of drug-likeness (QED) is 0.786. The number of phenolic OH excluding ortho intramolecular Hbond substituents is 2. The minimum absolute atomic E-state index is 0.0305. The van der Waals surface area contributed by atoms with Gasteiger partial charge in [0.05, 0.1) is 12.5 Å². The molecule has 0 fully saturated rings. The number of rotatable bonds is 4. The topological polar surface area (TPSA) is 108 Å². The molecule has 1 unspecified atom stereocenters. The Morgan fingerprint density at radius 2 is 2.00 bits per heavy atom. The predicted molar refractivity (Wildman–Crippen MR) is 75.6 cm³/mol. The van der Waals surface area contributed by atoms with Crippen molar-refractivity contribution in [2.24, 2.45) is 0 Å². The Morgan fingerprint density at radius 3 is 2.62 bits per heavy atom. The van der Waals surface area contributed by atoms with Crippen molar-refractivity contribution in [2.75, 3.05) is 0 Å². The van der Waals surface area contributed by atoms with Gasteiger partial charge in [0, 0.05) is 12.0 Å². The minimum atomic E-state index is -0.770. The van der Waals surface area contributed by atoms with Crippen LogP contribution in [0.15, 0.2) is 21.3 Å². The number of benzene rings is 1. The molecule has 6 heteroatoms. The van der Waals surface area contributed by atoms with Gasteiger partial charge in [-0.3, -0.25) is 4.79 Å². The summed E-state index contributed by atoms with van der Waals surface area (Å²) in [7, 11) is 0. The molecule has 1 aromatic heterocycles. The lowest BCUT2D eigenvalue weighted by Crippen LogP contribution is -2.13. The fourth-order valence-electron chi connectivity index (χ4n) is 2.16. The molecule has 2 rings (SSSR count). The number of carbonyl (C=O) groups excluding carboxylic acids is 1. The number of fused-ring (bicyclic) bond motifs is 1. The summed E-state index contributed by atoms with van der Waals surface area (Å²) in [6, 6.07) is 2.76. The molecule has 1 aromatic carbocycles. The van der Waals surface area contributed by atoms with Gasteiger partial charge in [0.25, 0.3) is 0 Å². The molecule has 3 N–H and O–H groups in total. The molecule has 0 spiro atoms. The fraction of sp³-hybridized carbons (Fsp3) is 0.333. The maximum atomic E-state index is 11.9. The third kappa shape index (κ3) is 3.05. The van der Waals surface area contributed by atoms with Gasteiger partial charge in [-0.1, -0.05) is 0 Å². The van der Waals surface area contributed by atoms with Gasteiger partial charge in [0.15, 0.2) is 0 Å². The monoisotopic (exact) mass is 292 g/mol. The Bertz CT molecular complexity index is 757. The average molecular weight is 292 g/mol. The first-order chi connectivity index (χ1) is 9.79. The molecule has 112 valence electrons. The Hall–Kier alpha value is -2.34. The molecular formula is C15H16O6. The highest BCUT2D eigenvalue weighted by molar-refractivity contribution is 5.90. The predicted octanol–water partition coefficient (Wildman–Crippen LogP) is 1.40. The zero-order valence-electron chi connectivity index (χ0n) is 11.7. The molecule has 0 radical (unpaired) electrons. The Labute approximate surface area is 120 Å². The number of hydrogen-bond acceptors (Lipinski definition) is 6. The van der Waals surface area contributed by atoms with Crippen LogP contribution >= 0.6 is 0 Å². The van der Waals surface area contributed by atoms with Crippen molar-refractivity contribution in [3.63, 3.8) is 0 Å². The summed E-state index contributed by atoms with van der Waals surface area (Å²) in [6.45, 7) is 2.97. The molecule has 0 aliphatic heterocycles. The lowest BCUT2D eigenvalue weighted by atomic mass is 10.0. The maximum Gasteiger partial charge on any atom is 0.347 e. The molecule has 0 saturated heterocycles. The van der Waals surface area contributed by atoms with E-state index in [0.29, 0.717) is 5.39 Å². The molecule has 0 aliphatic rings. The summed E-state index contributed by atoms with van der Waals surface area (Å²) >= 11 is 0. The molecular weight excluding hydrogens is 276 g/mol. The van der Waals surface area contributed by atoms with Crippen molar-refractivity contribution in [1.29, 1.82) is 0 Å². The Kier molecular flexibility index (Phi) is 3.99. The Morgan fingerprint density at radius 1 is 1.33 bits per heavy atom. The van der Waals surface area contributed by atoms with Gasteiger partial charge in [0.2, 0.25) is 0 Å². The van der Waals surface area contributed by atoms with E-state index in [-0.39, 0.29) is 46.8 Å². The lowest BCUT2D eigenvalue weighted by Gasteiger charge is -2.07. The summed E-state index contributed by atoms with van der Waals surface area (Å²) in [4.78, 5) is 23.6. The van der Waals surface area contributed by atoms with Crippen LogP contribution in [0.3, 0.4) is 0 Å². The minimum Gasteiger partial charge on any atom is -0.508 e. The van der Waals surface area contributed by atoms with E-state index in [1.165, 1.54) is 26.0 Å². The number of Topliss-reactive ketones (excluding diaryl/α,β-unsaturated/α-hetero) is 1. The average Bonchev–Trinajstić information content (AvgIpc) is 2.34. The number of hydrogen-bond donors (Lipinski definition) is 3. The van der Waals surface area contributed by atoms with Crippen LogP contribution in [-0.4, -0.2) is 27.2 Å². The van der Waals surface area contributed by atoms with Crippen LogP contribution in [0.1, 0.15) is 24.7 Å². The smallest absolute Gasteiger partial charge is 0.347 e. The third-order valence-electron chi connectivity index (χ3n) is 3.20. The molecule has 0 bridgehead atoms. The van der Waals surface area contributed by atoms with E-state index in [1.807, 2.05) is 0 Å². The van der Waals surface area contributed by atoms with Crippen molar-refractivity contribution in [1.82, 2.24) is 0 Å². The molecule has 6 nitrogen and oxygen atoms in total. The van der Waals surface area contributed by atoms with Crippen LogP contribution in [0, 0.1) is 6.92 Å². The van der Waals surface area contributed by atoms with Crippen molar-refractivity contribution in [2.45, 2.75) is 32.8 Å². The highest BCUT2D eigenvalue weighted by Crippen LogP contribution is 2.33. The summed E-state index contributed by atoms with van der Waals surface area (Å²) < 4.78 is 5.02. The van der Waals surface area contributed by atoms with E-state index < -0.39 is 11.7 Å². The van der Waals surface area contributed by atoms with Gasteiger partial charge >= 0.3 is 5.63 Å². The molecule has 1 atom stereocenters. The lowest BCUT2D eigenvalue weighted by molar-refractivity contribution is -0.120. The zero-order valence-corrected chi connectivity index (χ0v) is 11.7. The second-order valence-electron chi connectivity index (χ2n) is 5.10. The van der Waals surface area contributed by atoms with Crippen molar-refractivity contribution in [3.8, 4) is 11.5 Å². The van der Waals surface area contributed by atoms with E-state index in [0.717, 1.165) is 0 Å². The summed E-state index contributed by atoms with van der Waals surface area (Å²) in [5.74, 6) is -0.624. The van der Waals surface area contributed by atoms with Gasteiger partial charge < -0.3 is 19.7 Å². The van der Waals surface area contributed by atoms with Gasteiger partial charge in [0.1, 0.15) is 28.4 Å². The number of phenols is 2. The molecule has 21 heavy (non-hydrogen) atoms. The van der Waals surface area contributed by atoms with Crippen LogP contribution in [-0.2, 0) is 11.2 Å². The van der Waals surface area contributed by atoms with Crippen molar-refractivity contribution in [3.05, 3.63) is 33.9 Å². The van der Waals surface area contributed by atoms with Gasteiger partial charge in [-0.15, -0.1) is 0 Å². The van der Waals surface area contributed by atoms with E-state index in [2.05, 4.69) is 0 Å². The van der Waals surface area contributed by atoms with Crippen LogP contribution in [0.4, 0.5) is 0 Å². The summed E-state index contributed by atoms with van der Waals surface area (Å²) in [6.07, 6.45) is -0.933. The summed E-state index contributed by atoms with van der Waals surface area (Å²) in [5, 5.41) is 29.0. The summed E-state index contributed by atoms with van der Waals surface area (Å²) in [5.41, 5.74) is -0.583. The van der Waals surface area contributed by atoms with E-state index >= 15 is 0 Å². The van der Waals surface area contributed by atoms with Gasteiger partial charge in [-0.2, -0.15) is 0 Å². The van der Waals surface area contributed by atoms with E-state index in [1.54, 1.807) is 0 Å². The standard InChI is InChI=1S/C15H16O6/c1-7(16)3-10(17)6-11-4-9-5-12(18)8(2)14(19)13(9)15(20)21-11/h4-5,7,16,18-19H,3,6H2,1-2H3. The van der Waals surface area contributed by atoms with Crippen LogP contribution in [0.2, 0.25) is 0 Å². The first-order valence-electron chi connectivity index (χ1n) is 6.47. The van der Waals surface area contributed by atoms with Crippen molar-refractivity contribution >= 4 is 16.6 Å². The molecule has 0 saturated carbocycles. The van der Waals surface area contributed by atoms with Gasteiger partial charge in [-0.05, 0) is 31.4 Å². The normalized spacial score (nSPS) is 12.5. The van der Waals surface area contributed by atoms with Crippen LogP contribution < -0.4 is 5.63 Å². The molecule has 0 amide bonds. The molecule has 1 heterocycles. The fourth-order valence-corrected chi connectivity index (χ4v) is 2.16. The highest BCUT2D eigenvalue weighted by atomic mass is 16.4.